The van der Waals surface area contributed by atoms with E-state index in [9.17, 15) is 9.59 Å². The molecule has 0 radical (unpaired) electrons. The van der Waals surface area contributed by atoms with E-state index in [0.29, 0.717) is 18.0 Å². The Labute approximate surface area is 171 Å². The summed E-state index contributed by atoms with van der Waals surface area (Å²) in [5.41, 5.74) is 1.68. The molecule has 150 valence electrons. The number of methoxy groups -OCH3 is 1. The van der Waals surface area contributed by atoms with Gasteiger partial charge in [0.25, 0.3) is 0 Å². The molecule has 2 rings (SSSR count). The molecule has 0 aromatic heterocycles. The average molecular weight is 403 g/mol. The Morgan fingerprint density at radius 3 is 2.36 bits per heavy atom. The number of likely N-dealkylation sites (N-methyl/N-ethyl adjacent to an activating group) is 1. The van der Waals surface area contributed by atoms with E-state index in [4.69, 9.17) is 16.3 Å². The van der Waals surface area contributed by atoms with E-state index in [-0.39, 0.29) is 24.8 Å². The van der Waals surface area contributed by atoms with Gasteiger partial charge in [-0.05, 0) is 42.7 Å². The first-order valence-corrected chi connectivity index (χ1v) is 9.81. The van der Waals surface area contributed by atoms with E-state index in [0.717, 1.165) is 16.9 Å². The molecule has 0 spiro atoms. The van der Waals surface area contributed by atoms with Gasteiger partial charge in [-0.25, -0.2) is 0 Å². The predicted octanol–water partition coefficient (Wildman–Crippen LogP) is 3.83. The number of carbonyl (C=O) groups is 2. The number of amides is 2. The molecule has 6 heteroatoms. The van der Waals surface area contributed by atoms with Crippen LogP contribution in [0.5, 0.6) is 5.75 Å². The van der Waals surface area contributed by atoms with Crippen LogP contribution in [0.1, 0.15) is 31.4 Å². The maximum atomic E-state index is 13.2. The van der Waals surface area contributed by atoms with Crippen molar-refractivity contribution in [2.75, 3.05) is 13.7 Å². The summed E-state index contributed by atoms with van der Waals surface area (Å²) in [6.07, 6.45) is 0.717. The normalized spacial score (nSPS) is 11.6. The standard InChI is InChI=1S/C22H27ClN2O3/c1-4-20(22(27)24-5-2)25(15-17-8-6-7-9-19(17)23)21(26)14-16-10-12-18(28-3)13-11-16/h6-13,20H,4-5,14-15H2,1-3H3,(H,24,27)/t20-/m1/s1. The largest absolute Gasteiger partial charge is 0.497 e. The zero-order valence-electron chi connectivity index (χ0n) is 16.6. The van der Waals surface area contributed by atoms with Crippen molar-refractivity contribution >= 4 is 23.4 Å². The summed E-state index contributed by atoms with van der Waals surface area (Å²) in [5.74, 6) is 0.459. The molecule has 28 heavy (non-hydrogen) atoms. The SMILES string of the molecule is CCNC(=O)[C@@H](CC)N(Cc1ccccc1Cl)C(=O)Cc1ccc(OC)cc1. The number of ether oxygens (including phenoxy) is 1. The van der Waals surface area contributed by atoms with E-state index in [1.165, 1.54) is 0 Å². The van der Waals surface area contributed by atoms with Crippen molar-refractivity contribution in [3.8, 4) is 5.75 Å². The van der Waals surface area contributed by atoms with Gasteiger partial charge in [-0.1, -0.05) is 48.9 Å². The number of carbonyl (C=O) groups excluding carboxylic acids is 2. The second-order valence-electron chi connectivity index (χ2n) is 6.46. The van der Waals surface area contributed by atoms with Crippen molar-refractivity contribution in [2.45, 2.75) is 39.3 Å². The Morgan fingerprint density at radius 1 is 1.11 bits per heavy atom. The third-order valence-electron chi connectivity index (χ3n) is 4.55. The molecule has 0 fully saturated rings. The Balaban J connectivity index is 2.28. The first-order chi connectivity index (χ1) is 13.5. The summed E-state index contributed by atoms with van der Waals surface area (Å²) in [4.78, 5) is 27.4. The molecular formula is C22H27ClN2O3. The summed E-state index contributed by atoms with van der Waals surface area (Å²) in [5, 5.41) is 3.41. The molecule has 2 aromatic carbocycles. The van der Waals surface area contributed by atoms with Crippen LogP contribution in [-0.2, 0) is 22.6 Å². The van der Waals surface area contributed by atoms with Gasteiger partial charge >= 0.3 is 0 Å². The number of nitrogens with zero attached hydrogens (tertiary/aromatic N) is 1. The van der Waals surface area contributed by atoms with Crippen LogP contribution in [0.3, 0.4) is 0 Å². The first kappa shape index (κ1) is 21.8. The fraction of sp³-hybridized carbons (Fsp3) is 0.364. The van der Waals surface area contributed by atoms with Gasteiger partial charge in [0.2, 0.25) is 11.8 Å². The van der Waals surface area contributed by atoms with Crippen LogP contribution in [-0.4, -0.2) is 36.4 Å². The van der Waals surface area contributed by atoms with Gasteiger partial charge < -0.3 is 15.0 Å². The topological polar surface area (TPSA) is 58.6 Å². The second kappa shape index (κ2) is 10.7. The molecule has 0 aliphatic rings. The number of benzene rings is 2. The maximum Gasteiger partial charge on any atom is 0.242 e. The lowest BCUT2D eigenvalue weighted by atomic mass is 10.1. The van der Waals surface area contributed by atoms with Crippen LogP contribution in [0, 0.1) is 0 Å². The lowest BCUT2D eigenvalue weighted by Gasteiger charge is -2.31. The highest BCUT2D eigenvalue weighted by atomic mass is 35.5. The van der Waals surface area contributed by atoms with Crippen molar-refractivity contribution in [2.24, 2.45) is 0 Å². The van der Waals surface area contributed by atoms with Gasteiger partial charge in [0.05, 0.1) is 13.5 Å². The molecule has 2 amide bonds. The van der Waals surface area contributed by atoms with E-state index in [1.54, 1.807) is 18.1 Å². The van der Waals surface area contributed by atoms with Crippen molar-refractivity contribution in [3.05, 3.63) is 64.7 Å². The highest BCUT2D eigenvalue weighted by Crippen LogP contribution is 2.21. The van der Waals surface area contributed by atoms with Gasteiger partial charge in [-0.15, -0.1) is 0 Å². The minimum absolute atomic E-state index is 0.122. The Kier molecular flexibility index (Phi) is 8.33. The highest BCUT2D eigenvalue weighted by Gasteiger charge is 2.28. The summed E-state index contributed by atoms with van der Waals surface area (Å²) in [6.45, 7) is 4.56. The molecule has 0 bridgehead atoms. The van der Waals surface area contributed by atoms with Gasteiger partial charge in [-0.2, -0.15) is 0 Å². The number of halogens is 1. The molecule has 0 saturated carbocycles. The van der Waals surface area contributed by atoms with Crippen LogP contribution in [0.15, 0.2) is 48.5 Å². The molecular weight excluding hydrogens is 376 g/mol. The van der Waals surface area contributed by atoms with E-state index < -0.39 is 6.04 Å². The second-order valence-corrected chi connectivity index (χ2v) is 6.86. The minimum atomic E-state index is -0.554. The molecule has 0 aliphatic heterocycles. The Bertz CT molecular complexity index is 793. The third kappa shape index (κ3) is 5.73. The molecule has 0 unspecified atom stereocenters. The van der Waals surface area contributed by atoms with Gasteiger partial charge in [0, 0.05) is 18.1 Å². The Morgan fingerprint density at radius 2 is 1.79 bits per heavy atom. The van der Waals surface area contributed by atoms with Gasteiger partial charge in [0.1, 0.15) is 11.8 Å². The van der Waals surface area contributed by atoms with Crippen LogP contribution in [0.25, 0.3) is 0 Å². The van der Waals surface area contributed by atoms with E-state index in [2.05, 4.69) is 5.32 Å². The third-order valence-corrected chi connectivity index (χ3v) is 4.92. The summed E-state index contributed by atoms with van der Waals surface area (Å²) >= 11 is 6.30. The van der Waals surface area contributed by atoms with Crippen LogP contribution < -0.4 is 10.1 Å². The fourth-order valence-corrected chi connectivity index (χ4v) is 3.24. The zero-order chi connectivity index (χ0) is 20.5. The van der Waals surface area contributed by atoms with Crippen molar-refractivity contribution in [1.29, 1.82) is 0 Å². The summed E-state index contributed by atoms with van der Waals surface area (Å²) in [7, 11) is 1.60. The van der Waals surface area contributed by atoms with Crippen LogP contribution in [0.2, 0.25) is 5.02 Å². The highest BCUT2D eigenvalue weighted by molar-refractivity contribution is 6.31. The lowest BCUT2D eigenvalue weighted by molar-refractivity contribution is -0.140. The minimum Gasteiger partial charge on any atom is -0.497 e. The molecule has 1 atom stereocenters. The number of hydrogen-bond donors (Lipinski definition) is 1. The van der Waals surface area contributed by atoms with Gasteiger partial charge in [-0.3, -0.25) is 9.59 Å². The van der Waals surface area contributed by atoms with Crippen molar-refractivity contribution < 1.29 is 14.3 Å². The molecule has 0 saturated heterocycles. The first-order valence-electron chi connectivity index (χ1n) is 9.43. The number of nitrogens with one attached hydrogen (secondary N) is 1. The molecule has 5 nitrogen and oxygen atoms in total. The van der Waals surface area contributed by atoms with E-state index >= 15 is 0 Å². The smallest absolute Gasteiger partial charge is 0.242 e. The van der Waals surface area contributed by atoms with Crippen molar-refractivity contribution in [1.82, 2.24) is 10.2 Å². The van der Waals surface area contributed by atoms with Crippen molar-refractivity contribution in [3.63, 3.8) is 0 Å². The van der Waals surface area contributed by atoms with Crippen LogP contribution in [0.4, 0.5) is 0 Å². The Hall–Kier alpha value is -2.53. The fourth-order valence-electron chi connectivity index (χ4n) is 3.04. The lowest BCUT2D eigenvalue weighted by Crippen LogP contribution is -2.49. The molecule has 1 N–H and O–H groups in total. The molecule has 0 heterocycles. The predicted molar refractivity (Wildman–Crippen MR) is 111 cm³/mol. The monoisotopic (exact) mass is 402 g/mol. The van der Waals surface area contributed by atoms with Gasteiger partial charge in [0.15, 0.2) is 0 Å². The van der Waals surface area contributed by atoms with Crippen LogP contribution >= 0.6 is 11.6 Å². The molecule has 0 aliphatic carbocycles. The quantitative estimate of drug-likeness (QED) is 0.693. The maximum absolute atomic E-state index is 13.2. The number of hydrogen-bond acceptors (Lipinski definition) is 3. The summed E-state index contributed by atoms with van der Waals surface area (Å²) in [6, 6.07) is 14.2. The number of rotatable bonds is 9. The molecule has 2 aromatic rings. The average Bonchev–Trinajstić information content (AvgIpc) is 2.70. The van der Waals surface area contributed by atoms with E-state index in [1.807, 2.05) is 56.3 Å². The summed E-state index contributed by atoms with van der Waals surface area (Å²) < 4.78 is 5.16. The zero-order valence-corrected chi connectivity index (χ0v) is 17.3.